The fourth-order valence-electron chi connectivity index (χ4n) is 2.72. The van der Waals surface area contributed by atoms with Crippen LogP contribution in [0, 0.1) is 21.3 Å². The maximum Gasteiger partial charge on any atom is 0.274 e. The Bertz CT molecular complexity index is 519. The van der Waals surface area contributed by atoms with Gasteiger partial charge in [0.15, 0.2) is 0 Å². The highest BCUT2D eigenvalue weighted by Crippen LogP contribution is 2.30. The number of hydrogen-bond donors (Lipinski definition) is 1. The number of hydrogen-bond acceptors (Lipinski definition) is 4. The summed E-state index contributed by atoms with van der Waals surface area (Å²) in [7, 11) is 0. The molecule has 1 aromatic carbocycles. The average Bonchev–Trinajstić information content (AvgIpc) is 2.33. The fourth-order valence-corrected chi connectivity index (χ4v) is 2.72. The molecule has 6 heteroatoms. The van der Waals surface area contributed by atoms with E-state index in [4.69, 9.17) is 5.73 Å². The molecule has 0 radical (unpaired) electrons. The van der Waals surface area contributed by atoms with Crippen LogP contribution in [0.15, 0.2) is 18.2 Å². The third kappa shape index (κ3) is 3.13. The molecular formula is C14H20FN3O2. The Morgan fingerprint density at radius 2 is 2.25 bits per heavy atom. The normalized spacial score (nSPS) is 22.7. The van der Waals surface area contributed by atoms with Crippen molar-refractivity contribution in [3.63, 3.8) is 0 Å². The summed E-state index contributed by atoms with van der Waals surface area (Å²) >= 11 is 0. The van der Waals surface area contributed by atoms with E-state index in [1.807, 2.05) is 0 Å². The summed E-state index contributed by atoms with van der Waals surface area (Å²) in [5, 5.41) is 11.0. The van der Waals surface area contributed by atoms with Crippen molar-refractivity contribution in [2.45, 2.75) is 32.9 Å². The van der Waals surface area contributed by atoms with Crippen molar-refractivity contribution >= 4 is 5.69 Å². The van der Waals surface area contributed by atoms with Gasteiger partial charge in [-0.05, 0) is 24.0 Å². The predicted octanol–water partition coefficient (Wildman–Crippen LogP) is 2.29. The molecule has 1 atom stereocenters. The highest BCUT2D eigenvalue weighted by Gasteiger charge is 2.33. The number of nitro groups is 1. The number of halogens is 1. The second kappa shape index (κ2) is 5.46. The number of rotatable bonds is 3. The Morgan fingerprint density at radius 1 is 1.55 bits per heavy atom. The SMILES string of the molecule is CC1(C)CN(Cc2cc(F)ccc2[N+](=O)[O-])CCC1N. The Balaban J connectivity index is 2.18. The number of nitro benzene ring substituents is 1. The molecule has 5 nitrogen and oxygen atoms in total. The number of nitrogens with zero attached hydrogens (tertiary/aromatic N) is 2. The van der Waals surface area contributed by atoms with E-state index in [9.17, 15) is 14.5 Å². The zero-order valence-electron chi connectivity index (χ0n) is 11.8. The van der Waals surface area contributed by atoms with E-state index in [0.29, 0.717) is 12.1 Å². The van der Waals surface area contributed by atoms with E-state index in [-0.39, 0.29) is 17.1 Å². The summed E-state index contributed by atoms with van der Waals surface area (Å²) in [6.07, 6.45) is 0.843. The van der Waals surface area contributed by atoms with Crippen LogP contribution in [-0.2, 0) is 6.54 Å². The van der Waals surface area contributed by atoms with Crippen molar-refractivity contribution in [1.82, 2.24) is 4.90 Å². The van der Waals surface area contributed by atoms with Gasteiger partial charge in [0, 0.05) is 37.3 Å². The van der Waals surface area contributed by atoms with E-state index in [1.54, 1.807) is 0 Å². The van der Waals surface area contributed by atoms with Gasteiger partial charge in [0.25, 0.3) is 5.69 Å². The largest absolute Gasteiger partial charge is 0.327 e. The third-order valence-corrected chi connectivity index (χ3v) is 4.02. The lowest BCUT2D eigenvalue weighted by Gasteiger charge is -2.42. The first-order valence-corrected chi connectivity index (χ1v) is 6.70. The highest BCUT2D eigenvalue weighted by molar-refractivity contribution is 5.40. The Morgan fingerprint density at radius 3 is 2.85 bits per heavy atom. The fraction of sp³-hybridized carbons (Fsp3) is 0.571. The first-order valence-electron chi connectivity index (χ1n) is 6.70. The highest BCUT2D eigenvalue weighted by atomic mass is 19.1. The predicted molar refractivity (Wildman–Crippen MR) is 74.7 cm³/mol. The lowest BCUT2D eigenvalue weighted by molar-refractivity contribution is -0.385. The van der Waals surface area contributed by atoms with Gasteiger partial charge in [-0.3, -0.25) is 15.0 Å². The van der Waals surface area contributed by atoms with E-state index < -0.39 is 10.7 Å². The van der Waals surface area contributed by atoms with Crippen LogP contribution < -0.4 is 5.73 Å². The zero-order chi connectivity index (χ0) is 14.9. The molecule has 1 aliphatic rings. The van der Waals surface area contributed by atoms with Crippen LogP contribution >= 0.6 is 0 Å². The van der Waals surface area contributed by atoms with E-state index in [1.165, 1.54) is 12.1 Å². The molecule has 0 amide bonds. The van der Waals surface area contributed by atoms with Crippen molar-refractivity contribution in [1.29, 1.82) is 0 Å². The number of benzene rings is 1. The number of nitrogens with two attached hydrogens (primary N) is 1. The van der Waals surface area contributed by atoms with Gasteiger partial charge in [-0.1, -0.05) is 13.8 Å². The van der Waals surface area contributed by atoms with Gasteiger partial charge in [-0.25, -0.2) is 4.39 Å². The van der Waals surface area contributed by atoms with Crippen molar-refractivity contribution < 1.29 is 9.31 Å². The maximum atomic E-state index is 13.3. The molecule has 0 saturated carbocycles. The lowest BCUT2D eigenvalue weighted by atomic mass is 9.79. The molecule has 1 fully saturated rings. The van der Waals surface area contributed by atoms with E-state index in [0.717, 1.165) is 25.6 Å². The van der Waals surface area contributed by atoms with Crippen molar-refractivity contribution in [3.05, 3.63) is 39.7 Å². The first-order chi connectivity index (χ1) is 9.29. The molecule has 1 saturated heterocycles. The van der Waals surface area contributed by atoms with Crippen molar-refractivity contribution in [3.8, 4) is 0 Å². The summed E-state index contributed by atoms with van der Waals surface area (Å²) < 4.78 is 13.3. The summed E-state index contributed by atoms with van der Waals surface area (Å²) in [4.78, 5) is 12.6. The smallest absolute Gasteiger partial charge is 0.274 e. The van der Waals surface area contributed by atoms with Crippen LogP contribution in [0.5, 0.6) is 0 Å². The zero-order valence-corrected chi connectivity index (χ0v) is 11.8. The molecule has 1 heterocycles. The number of piperidine rings is 1. The minimum absolute atomic E-state index is 0.0286. The molecule has 0 aliphatic carbocycles. The standard InChI is InChI=1S/C14H20FN3O2/c1-14(2)9-17(6-5-13(14)16)8-10-7-11(15)3-4-12(10)18(19)20/h3-4,7,13H,5-6,8-9,16H2,1-2H3. The molecule has 2 N–H and O–H groups in total. The van der Waals surface area contributed by atoms with Gasteiger partial charge in [0.1, 0.15) is 5.82 Å². The molecular weight excluding hydrogens is 261 g/mol. The molecule has 0 aromatic heterocycles. The summed E-state index contributed by atoms with van der Waals surface area (Å²) in [6.45, 7) is 6.08. The first kappa shape index (κ1) is 14.9. The van der Waals surface area contributed by atoms with Crippen LogP contribution in [0.3, 0.4) is 0 Å². The van der Waals surface area contributed by atoms with Crippen LogP contribution in [0.2, 0.25) is 0 Å². The van der Waals surface area contributed by atoms with Gasteiger partial charge in [-0.15, -0.1) is 0 Å². The molecule has 0 bridgehead atoms. The van der Waals surface area contributed by atoms with Gasteiger partial charge in [-0.2, -0.15) is 0 Å². The average molecular weight is 281 g/mol. The Kier molecular flexibility index (Phi) is 4.06. The van der Waals surface area contributed by atoms with Gasteiger partial charge in [0.2, 0.25) is 0 Å². The minimum Gasteiger partial charge on any atom is -0.327 e. The van der Waals surface area contributed by atoms with E-state index in [2.05, 4.69) is 18.7 Å². The summed E-state index contributed by atoms with van der Waals surface area (Å²) in [6, 6.07) is 3.73. The van der Waals surface area contributed by atoms with E-state index >= 15 is 0 Å². The lowest BCUT2D eigenvalue weighted by Crippen LogP contribution is -2.52. The minimum atomic E-state index is -0.463. The summed E-state index contributed by atoms with van der Waals surface area (Å²) in [5.41, 5.74) is 6.42. The molecule has 1 unspecified atom stereocenters. The molecule has 1 aliphatic heterocycles. The summed E-state index contributed by atoms with van der Waals surface area (Å²) in [5.74, 6) is -0.446. The van der Waals surface area contributed by atoms with Gasteiger partial charge >= 0.3 is 0 Å². The Hall–Kier alpha value is -1.53. The van der Waals surface area contributed by atoms with Gasteiger partial charge < -0.3 is 5.73 Å². The molecule has 20 heavy (non-hydrogen) atoms. The Labute approximate surface area is 117 Å². The molecule has 110 valence electrons. The molecule has 2 rings (SSSR count). The molecule has 1 aromatic rings. The second-order valence-corrected chi connectivity index (χ2v) is 6.12. The van der Waals surface area contributed by atoms with Gasteiger partial charge in [0.05, 0.1) is 4.92 Å². The van der Waals surface area contributed by atoms with Crippen LogP contribution in [-0.4, -0.2) is 29.0 Å². The topological polar surface area (TPSA) is 72.4 Å². The number of likely N-dealkylation sites (tertiary alicyclic amines) is 1. The molecule has 0 spiro atoms. The third-order valence-electron chi connectivity index (χ3n) is 4.02. The van der Waals surface area contributed by atoms with Crippen LogP contribution in [0.25, 0.3) is 0 Å². The quantitative estimate of drug-likeness (QED) is 0.681. The van der Waals surface area contributed by atoms with Crippen LogP contribution in [0.1, 0.15) is 25.8 Å². The van der Waals surface area contributed by atoms with Crippen molar-refractivity contribution in [2.75, 3.05) is 13.1 Å². The second-order valence-electron chi connectivity index (χ2n) is 6.12. The maximum absolute atomic E-state index is 13.3. The monoisotopic (exact) mass is 281 g/mol. The van der Waals surface area contributed by atoms with Crippen LogP contribution in [0.4, 0.5) is 10.1 Å². The van der Waals surface area contributed by atoms with Crippen molar-refractivity contribution in [2.24, 2.45) is 11.1 Å².